The Bertz CT molecular complexity index is 1620. The van der Waals surface area contributed by atoms with Crippen LogP contribution in [0.1, 0.15) is 28.9 Å². The number of rotatable bonds is 6. The van der Waals surface area contributed by atoms with Gasteiger partial charge in [-0.1, -0.05) is 6.07 Å². The number of alkyl halides is 9. The second kappa shape index (κ2) is 18.3. The van der Waals surface area contributed by atoms with Crippen molar-refractivity contribution in [1.82, 2.24) is 35.4 Å². The lowest BCUT2D eigenvalue weighted by atomic mass is 9.86. The number of carbonyl (C=O) groups excluding carboxylic acids is 2. The van der Waals surface area contributed by atoms with Crippen molar-refractivity contribution in [1.29, 1.82) is 0 Å². The van der Waals surface area contributed by atoms with E-state index in [1.165, 1.54) is 0 Å². The number of carbonyl (C=O) groups is 5. The Labute approximate surface area is 291 Å². The minimum Gasteiger partial charge on any atom is -0.475 e. The predicted molar refractivity (Wildman–Crippen MR) is 161 cm³/mol. The van der Waals surface area contributed by atoms with Crippen molar-refractivity contribution < 1.29 is 78.8 Å². The molecule has 0 aliphatic carbocycles. The predicted octanol–water partition coefficient (Wildman–Crippen LogP) is 3.01. The summed E-state index contributed by atoms with van der Waals surface area (Å²) in [6.07, 6.45) is -8.37. The Morgan fingerprint density at radius 3 is 1.85 bits per heavy atom. The van der Waals surface area contributed by atoms with Crippen LogP contribution in [0.25, 0.3) is 11.0 Å². The first-order valence-corrected chi connectivity index (χ1v) is 14.7. The topological polar surface area (TPSA) is 218 Å². The van der Waals surface area contributed by atoms with E-state index < -0.39 is 42.0 Å². The molecule has 2 saturated heterocycles. The largest absolute Gasteiger partial charge is 0.490 e. The Hall–Kier alpha value is -5.52. The molecule has 0 bridgehead atoms. The molecule has 2 aliphatic rings. The highest BCUT2D eigenvalue weighted by Gasteiger charge is 2.50. The second-order valence-electron chi connectivity index (χ2n) is 10.9. The van der Waals surface area contributed by atoms with Crippen LogP contribution in [0.2, 0.25) is 0 Å². The smallest absolute Gasteiger partial charge is 0.475 e. The summed E-state index contributed by atoms with van der Waals surface area (Å²) in [5.41, 5.74) is 1.89. The Kier molecular flexibility index (Phi) is 15.1. The summed E-state index contributed by atoms with van der Waals surface area (Å²) in [6, 6.07) is 9.57. The van der Waals surface area contributed by atoms with Gasteiger partial charge in [-0.2, -0.15) is 39.5 Å². The van der Waals surface area contributed by atoms with Gasteiger partial charge < -0.3 is 35.8 Å². The zero-order valence-corrected chi connectivity index (χ0v) is 26.8. The zero-order chi connectivity index (χ0) is 40.2. The van der Waals surface area contributed by atoms with Gasteiger partial charge in [0.2, 0.25) is 5.91 Å². The third-order valence-electron chi connectivity index (χ3n) is 7.32. The Morgan fingerprint density at radius 1 is 0.849 bits per heavy atom. The van der Waals surface area contributed by atoms with E-state index in [1.54, 1.807) is 12.4 Å². The van der Waals surface area contributed by atoms with Gasteiger partial charge in [0.1, 0.15) is 16.9 Å². The molecule has 2 aliphatic heterocycles. The van der Waals surface area contributed by atoms with Crippen LogP contribution in [0.15, 0.2) is 48.9 Å². The number of hydrogen-bond donors (Lipinski definition) is 6. The Morgan fingerprint density at radius 2 is 1.38 bits per heavy atom. The van der Waals surface area contributed by atoms with Crippen LogP contribution >= 0.6 is 0 Å². The Balaban J connectivity index is 0.000000379. The van der Waals surface area contributed by atoms with Gasteiger partial charge in [-0.15, -0.1) is 0 Å². The van der Waals surface area contributed by atoms with Crippen LogP contribution in [0.5, 0.6) is 0 Å². The number of aromatic amines is 1. The number of nitrogens with zero attached hydrogens (tertiary/aromatic N) is 4. The third-order valence-corrected chi connectivity index (χ3v) is 7.32. The number of halogens is 9. The second-order valence-corrected chi connectivity index (χ2v) is 10.9. The maximum absolute atomic E-state index is 12.7. The van der Waals surface area contributed by atoms with Gasteiger partial charge in [-0.25, -0.2) is 19.4 Å². The van der Waals surface area contributed by atoms with Gasteiger partial charge in [-0.05, 0) is 42.7 Å². The molecule has 24 heteroatoms. The number of carboxylic acid groups (broad SMARTS) is 3. The van der Waals surface area contributed by atoms with Crippen molar-refractivity contribution in [2.45, 2.75) is 43.5 Å². The number of aliphatic carboxylic acids is 3. The molecule has 0 radical (unpaired) electrons. The highest BCUT2D eigenvalue weighted by molar-refractivity contribution is 5.97. The number of pyridine rings is 2. The number of H-pyrrole nitrogens is 1. The van der Waals surface area contributed by atoms with E-state index in [1.807, 2.05) is 36.5 Å². The van der Waals surface area contributed by atoms with Gasteiger partial charge in [0, 0.05) is 56.7 Å². The highest BCUT2D eigenvalue weighted by atomic mass is 19.4. The molecule has 3 aromatic rings. The molecule has 1 spiro atoms. The maximum Gasteiger partial charge on any atom is 0.490 e. The summed E-state index contributed by atoms with van der Waals surface area (Å²) in [5.74, 6) is -8.27. The van der Waals surface area contributed by atoms with E-state index >= 15 is 0 Å². The molecule has 0 atom stereocenters. The molecule has 2 amide bonds. The van der Waals surface area contributed by atoms with E-state index in [0.29, 0.717) is 31.1 Å². The third kappa shape index (κ3) is 13.5. The molecular formula is C29H30F9N7O8. The van der Waals surface area contributed by atoms with Gasteiger partial charge >= 0.3 is 36.4 Å². The maximum atomic E-state index is 12.7. The minimum atomic E-state index is -5.08. The number of amides is 2. The standard InChI is InChI=1S/C23H27N7O2.3C2HF3O2/c31-21(19-13-18-4-2-8-25-20(18)28-19)26-9-12-29-10-5-23(6-11-29)22(32)27-16-30(23)15-17-3-1-7-24-14-17;3*3-2(4,5)1(6)7/h1-4,7-8,13-14H,5-6,9-12,15-16H2,(H,25,28)(H,26,31)(H,27,32);3*(H,6,7). The minimum absolute atomic E-state index is 0.127. The van der Waals surface area contributed by atoms with Crippen LogP contribution in [-0.4, -0.2) is 127 Å². The van der Waals surface area contributed by atoms with Crippen molar-refractivity contribution >= 4 is 40.8 Å². The average Bonchev–Trinajstić information content (AvgIpc) is 3.63. The van der Waals surface area contributed by atoms with Gasteiger partial charge in [-0.3, -0.25) is 19.5 Å². The van der Waals surface area contributed by atoms with Crippen LogP contribution in [0.3, 0.4) is 0 Å². The molecule has 0 unspecified atom stereocenters. The van der Waals surface area contributed by atoms with Gasteiger partial charge in [0.25, 0.3) is 5.91 Å². The van der Waals surface area contributed by atoms with Gasteiger partial charge in [0.15, 0.2) is 0 Å². The summed E-state index contributed by atoms with van der Waals surface area (Å²) in [4.78, 5) is 67.9. The van der Waals surface area contributed by atoms with E-state index in [2.05, 4.69) is 35.4 Å². The summed E-state index contributed by atoms with van der Waals surface area (Å²) in [5, 5.41) is 28.3. The lowest BCUT2D eigenvalue weighted by Gasteiger charge is -2.42. The SMILES string of the molecule is O=C(NCCN1CCC2(CC1)C(=O)NCN2Cc1cccnc1)c1cc2cccnc2[nH]1.O=C(O)C(F)(F)F.O=C(O)C(F)(F)F.O=C(O)C(F)(F)F. The zero-order valence-electron chi connectivity index (χ0n) is 26.8. The number of nitrogens with one attached hydrogen (secondary N) is 3. The highest BCUT2D eigenvalue weighted by Crippen LogP contribution is 2.33. The summed E-state index contributed by atoms with van der Waals surface area (Å²) in [7, 11) is 0. The molecule has 5 rings (SSSR count). The molecule has 292 valence electrons. The molecule has 3 aromatic heterocycles. The van der Waals surface area contributed by atoms with E-state index in [-0.39, 0.29) is 11.8 Å². The van der Waals surface area contributed by atoms with Crippen LogP contribution in [0, 0.1) is 0 Å². The summed E-state index contributed by atoms with van der Waals surface area (Å²) in [6.45, 7) is 4.24. The van der Waals surface area contributed by atoms with Crippen molar-refractivity contribution in [2.75, 3.05) is 32.8 Å². The van der Waals surface area contributed by atoms with Crippen LogP contribution in [-0.2, 0) is 25.7 Å². The van der Waals surface area contributed by atoms with E-state index in [9.17, 15) is 49.1 Å². The lowest BCUT2D eigenvalue weighted by Crippen LogP contribution is -2.56. The van der Waals surface area contributed by atoms with Crippen molar-refractivity contribution in [3.05, 3.63) is 60.2 Å². The fourth-order valence-corrected chi connectivity index (χ4v) is 4.74. The molecule has 0 saturated carbocycles. The average molecular weight is 776 g/mol. The quantitative estimate of drug-likeness (QED) is 0.199. The van der Waals surface area contributed by atoms with Gasteiger partial charge in [0.05, 0.1) is 6.67 Å². The number of hydrogen-bond acceptors (Lipinski definition) is 9. The molecule has 53 heavy (non-hydrogen) atoms. The number of piperidine rings is 1. The molecule has 2 fully saturated rings. The van der Waals surface area contributed by atoms with Crippen LogP contribution in [0.4, 0.5) is 39.5 Å². The molecule has 15 nitrogen and oxygen atoms in total. The van der Waals surface area contributed by atoms with Crippen molar-refractivity contribution in [2.24, 2.45) is 0 Å². The van der Waals surface area contributed by atoms with Crippen LogP contribution < -0.4 is 10.6 Å². The normalized spacial score (nSPS) is 15.8. The summed E-state index contributed by atoms with van der Waals surface area (Å²) >= 11 is 0. The van der Waals surface area contributed by atoms with E-state index in [4.69, 9.17) is 29.7 Å². The fraction of sp³-hybridized carbons (Fsp3) is 0.414. The number of aromatic nitrogens is 3. The lowest BCUT2D eigenvalue weighted by molar-refractivity contribution is -0.193. The fourth-order valence-electron chi connectivity index (χ4n) is 4.74. The van der Waals surface area contributed by atoms with E-state index in [0.717, 1.165) is 43.4 Å². The number of fused-ring (bicyclic) bond motifs is 1. The molecule has 5 heterocycles. The molecule has 6 N–H and O–H groups in total. The van der Waals surface area contributed by atoms with Crippen molar-refractivity contribution in [3.63, 3.8) is 0 Å². The first-order valence-electron chi connectivity index (χ1n) is 14.7. The molecule has 0 aromatic carbocycles. The number of likely N-dealkylation sites (tertiary alicyclic amines) is 1. The number of carboxylic acids is 3. The van der Waals surface area contributed by atoms with Crippen molar-refractivity contribution in [3.8, 4) is 0 Å². The molecular weight excluding hydrogens is 745 g/mol. The first-order chi connectivity index (χ1) is 24.5. The monoisotopic (exact) mass is 775 g/mol. The summed E-state index contributed by atoms with van der Waals surface area (Å²) < 4.78 is 95.2. The first kappa shape index (κ1) is 43.6.